The number of esters is 2. The number of carbonyl (C=O) groups is 2. The summed E-state index contributed by atoms with van der Waals surface area (Å²) in [5.74, 6) is -2.22. The van der Waals surface area contributed by atoms with Crippen LogP contribution in [0.5, 0.6) is 0 Å². The zero-order valence-electron chi connectivity index (χ0n) is 17.3. The topological polar surface area (TPSA) is 69.7 Å². The zero-order chi connectivity index (χ0) is 21.6. The van der Waals surface area contributed by atoms with Crippen molar-refractivity contribution < 1.29 is 23.6 Å². The predicted octanol–water partition coefficient (Wildman–Crippen LogP) is 4.04. The van der Waals surface area contributed by atoms with Gasteiger partial charge in [-0.15, -0.1) is 0 Å². The SMILES string of the molecule is CCOC(=O)[C@@H]1CC=C(P(=O)(c2ccccc2)c2ccccc2)C[C@H]1C(=O)OCC. The summed E-state index contributed by atoms with van der Waals surface area (Å²) in [6, 6.07) is 18.6. The van der Waals surface area contributed by atoms with Crippen LogP contribution < -0.4 is 10.6 Å². The lowest BCUT2D eigenvalue weighted by molar-refractivity contribution is -0.160. The highest BCUT2D eigenvalue weighted by atomic mass is 31.2. The maximum atomic E-state index is 14.6. The molecule has 0 bridgehead atoms. The summed E-state index contributed by atoms with van der Waals surface area (Å²) in [4.78, 5) is 25.2. The highest BCUT2D eigenvalue weighted by Crippen LogP contribution is 2.56. The summed E-state index contributed by atoms with van der Waals surface area (Å²) >= 11 is 0. The van der Waals surface area contributed by atoms with E-state index < -0.39 is 30.9 Å². The average Bonchev–Trinajstić information content (AvgIpc) is 2.79. The first-order valence-corrected chi connectivity index (χ1v) is 12.0. The van der Waals surface area contributed by atoms with Crippen LogP contribution in [0.1, 0.15) is 26.7 Å². The summed E-state index contributed by atoms with van der Waals surface area (Å²) in [7, 11) is -3.17. The van der Waals surface area contributed by atoms with Crippen LogP contribution in [0.3, 0.4) is 0 Å². The van der Waals surface area contributed by atoms with E-state index in [-0.39, 0.29) is 19.6 Å². The van der Waals surface area contributed by atoms with Gasteiger partial charge in [-0.25, -0.2) is 0 Å². The van der Waals surface area contributed by atoms with Gasteiger partial charge < -0.3 is 14.0 Å². The van der Waals surface area contributed by atoms with Crippen LogP contribution in [0.15, 0.2) is 72.1 Å². The van der Waals surface area contributed by atoms with Crippen LogP contribution in [0.2, 0.25) is 0 Å². The Morgan fingerprint density at radius 1 is 0.833 bits per heavy atom. The van der Waals surface area contributed by atoms with Crippen molar-refractivity contribution in [2.75, 3.05) is 13.2 Å². The highest BCUT2D eigenvalue weighted by molar-refractivity contribution is 7.82. The molecule has 2 aromatic carbocycles. The molecule has 3 rings (SSSR count). The normalized spacial score (nSPS) is 18.9. The third-order valence-corrected chi connectivity index (χ3v) is 8.57. The molecular formula is C24H27O5P. The summed E-state index contributed by atoms with van der Waals surface area (Å²) in [6.07, 6.45) is 2.35. The molecule has 0 spiro atoms. The van der Waals surface area contributed by atoms with Crippen molar-refractivity contribution in [2.45, 2.75) is 26.7 Å². The van der Waals surface area contributed by atoms with Crippen LogP contribution in [-0.2, 0) is 23.6 Å². The van der Waals surface area contributed by atoms with Crippen molar-refractivity contribution in [3.05, 3.63) is 72.1 Å². The Morgan fingerprint density at radius 3 is 1.77 bits per heavy atom. The number of ether oxygens (including phenoxy) is 2. The van der Waals surface area contributed by atoms with Gasteiger partial charge in [-0.05, 0) is 32.0 Å². The molecule has 6 heteroatoms. The molecule has 158 valence electrons. The third-order valence-electron chi connectivity index (χ3n) is 5.34. The molecule has 1 aliphatic carbocycles. The van der Waals surface area contributed by atoms with Gasteiger partial charge in [-0.2, -0.15) is 0 Å². The lowest BCUT2D eigenvalue weighted by Crippen LogP contribution is -2.35. The monoisotopic (exact) mass is 426 g/mol. The molecule has 30 heavy (non-hydrogen) atoms. The van der Waals surface area contributed by atoms with Gasteiger partial charge in [0.25, 0.3) is 0 Å². The van der Waals surface area contributed by atoms with E-state index in [1.807, 2.05) is 66.7 Å². The van der Waals surface area contributed by atoms with E-state index in [4.69, 9.17) is 9.47 Å². The maximum absolute atomic E-state index is 14.6. The quantitative estimate of drug-likeness (QED) is 0.494. The maximum Gasteiger partial charge on any atom is 0.310 e. The minimum Gasteiger partial charge on any atom is -0.466 e. The van der Waals surface area contributed by atoms with Crippen molar-refractivity contribution in [3.8, 4) is 0 Å². The van der Waals surface area contributed by atoms with Gasteiger partial charge in [0.15, 0.2) is 7.14 Å². The lowest BCUT2D eigenvalue weighted by atomic mass is 9.83. The molecule has 5 nitrogen and oxygen atoms in total. The standard InChI is InChI=1S/C24H27O5P/c1-3-28-23(25)21-16-15-20(17-22(21)24(26)29-4-2)30(27,18-11-7-5-8-12-18)19-13-9-6-10-14-19/h5-15,21-22H,3-4,16-17H2,1-2H3/t21-,22-/m1/s1. The molecule has 0 N–H and O–H groups in total. The second kappa shape index (κ2) is 9.90. The minimum absolute atomic E-state index is 0.198. The van der Waals surface area contributed by atoms with Gasteiger partial charge in [0, 0.05) is 10.6 Å². The average molecular weight is 426 g/mol. The zero-order valence-corrected chi connectivity index (χ0v) is 18.2. The van der Waals surface area contributed by atoms with Gasteiger partial charge in [0.2, 0.25) is 0 Å². The molecular weight excluding hydrogens is 399 g/mol. The lowest BCUT2D eigenvalue weighted by Gasteiger charge is -2.32. The van der Waals surface area contributed by atoms with Gasteiger partial charge in [0.05, 0.1) is 25.0 Å². The van der Waals surface area contributed by atoms with Crippen LogP contribution in [0.25, 0.3) is 0 Å². The largest absolute Gasteiger partial charge is 0.466 e. The van der Waals surface area contributed by atoms with Crippen molar-refractivity contribution in [1.29, 1.82) is 0 Å². The second-order valence-corrected chi connectivity index (χ2v) is 9.96. The van der Waals surface area contributed by atoms with E-state index in [0.717, 1.165) is 0 Å². The Bertz CT molecular complexity index is 909. The smallest absolute Gasteiger partial charge is 0.310 e. The van der Waals surface area contributed by atoms with Crippen molar-refractivity contribution in [1.82, 2.24) is 0 Å². The summed E-state index contributed by atoms with van der Waals surface area (Å²) in [5.41, 5.74) is 0. The van der Waals surface area contributed by atoms with Crippen molar-refractivity contribution in [3.63, 3.8) is 0 Å². The minimum atomic E-state index is -3.17. The van der Waals surface area contributed by atoms with E-state index in [2.05, 4.69) is 0 Å². The fourth-order valence-corrected chi connectivity index (χ4v) is 6.86. The molecule has 0 fully saturated rings. The predicted molar refractivity (Wildman–Crippen MR) is 117 cm³/mol. The summed E-state index contributed by atoms with van der Waals surface area (Å²) in [5, 5.41) is 2.10. The molecule has 2 aromatic rings. The molecule has 0 saturated heterocycles. The summed E-state index contributed by atoms with van der Waals surface area (Å²) < 4.78 is 25.0. The van der Waals surface area contributed by atoms with E-state index in [1.54, 1.807) is 13.8 Å². The second-order valence-electron chi connectivity index (χ2n) is 7.13. The Kier molecular flexibility index (Phi) is 7.28. The number of benzene rings is 2. The molecule has 2 atom stereocenters. The third kappa shape index (κ3) is 4.41. The first-order valence-electron chi connectivity index (χ1n) is 10.3. The van der Waals surface area contributed by atoms with E-state index in [0.29, 0.717) is 22.3 Å². The number of carbonyl (C=O) groups excluding carboxylic acids is 2. The first kappa shape index (κ1) is 22.0. The van der Waals surface area contributed by atoms with Crippen LogP contribution >= 0.6 is 7.14 Å². The van der Waals surface area contributed by atoms with Gasteiger partial charge >= 0.3 is 11.9 Å². The Labute approximate surface area is 177 Å². The molecule has 0 amide bonds. The van der Waals surface area contributed by atoms with Crippen molar-refractivity contribution >= 4 is 29.7 Å². The number of hydrogen-bond acceptors (Lipinski definition) is 5. The van der Waals surface area contributed by atoms with Gasteiger partial charge in [0.1, 0.15) is 0 Å². The Hall–Kier alpha value is -2.65. The van der Waals surface area contributed by atoms with Gasteiger partial charge in [-0.1, -0.05) is 66.7 Å². The molecule has 0 saturated carbocycles. The van der Waals surface area contributed by atoms with Crippen LogP contribution in [-0.4, -0.2) is 25.2 Å². The number of hydrogen-bond donors (Lipinski definition) is 0. The number of allylic oxidation sites excluding steroid dienone is 2. The molecule has 0 heterocycles. The van der Waals surface area contributed by atoms with Crippen LogP contribution in [0.4, 0.5) is 0 Å². The Balaban J connectivity index is 2.07. The first-order chi connectivity index (χ1) is 14.5. The highest BCUT2D eigenvalue weighted by Gasteiger charge is 2.43. The van der Waals surface area contributed by atoms with Crippen molar-refractivity contribution in [2.24, 2.45) is 11.8 Å². The molecule has 0 radical (unpaired) electrons. The molecule has 0 aliphatic heterocycles. The fourth-order valence-electron chi connectivity index (χ4n) is 3.90. The van der Waals surface area contributed by atoms with Crippen LogP contribution in [0, 0.1) is 11.8 Å². The molecule has 1 aliphatic rings. The van der Waals surface area contributed by atoms with Gasteiger partial charge in [-0.3, -0.25) is 9.59 Å². The molecule has 0 aromatic heterocycles. The molecule has 0 unspecified atom stereocenters. The fraction of sp³-hybridized carbons (Fsp3) is 0.333. The Morgan fingerprint density at radius 2 is 1.30 bits per heavy atom. The summed E-state index contributed by atoms with van der Waals surface area (Å²) in [6.45, 7) is 3.93. The van der Waals surface area contributed by atoms with E-state index in [9.17, 15) is 14.2 Å². The van der Waals surface area contributed by atoms with E-state index >= 15 is 0 Å². The number of rotatable bonds is 7. The van der Waals surface area contributed by atoms with E-state index in [1.165, 1.54) is 0 Å².